The lowest BCUT2D eigenvalue weighted by Crippen LogP contribution is -2.10. The van der Waals surface area contributed by atoms with Crippen LogP contribution in [0.1, 0.15) is 29.1 Å². The Morgan fingerprint density at radius 3 is 2.64 bits per heavy atom. The van der Waals surface area contributed by atoms with Gasteiger partial charge in [0.25, 0.3) is 0 Å². The number of thiophene rings is 1. The van der Waals surface area contributed by atoms with Gasteiger partial charge in [0.1, 0.15) is 9.77 Å². The quantitative estimate of drug-likeness (QED) is 0.591. The molecule has 0 saturated heterocycles. The van der Waals surface area contributed by atoms with Crippen LogP contribution in [0.25, 0.3) is 0 Å². The van der Waals surface area contributed by atoms with Crippen molar-refractivity contribution in [2.75, 3.05) is 11.8 Å². The van der Waals surface area contributed by atoms with Gasteiger partial charge in [-0.3, -0.25) is 10.0 Å². The van der Waals surface area contributed by atoms with Crippen LogP contribution in [0.5, 0.6) is 5.75 Å². The van der Waals surface area contributed by atoms with Gasteiger partial charge in [-0.1, -0.05) is 23.9 Å². The molecule has 0 aliphatic rings. The lowest BCUT2D eigenvalue weighted by molar-refractivity contribution is -0.132. The van der Waals surface area contributed by atoms with Gasteiger partial charge in [0.15, 0.2) is 5.75 Å². The zero-order valence-corrected chi connectivity index (χ0v) is 15.4. The van der Waals surface area contributed by atoms with E-state index in [1.807, 2.05) is 0 Å². The van der Waals surface area contributed by atoms with Crippen molar-refractivity contribution in [3.05, 3.63) is 39.9 Å². The molecule has 1 heterocycles. The number of para-hydroxylation sites is 1. The summed E-state index contributed by atoms with van der Waals surface area (Å²) in [6.07, 6.45) is 0. The average molecular weight is 382 g/mol. The number of hydrogen-bond donors (Lipinski definition) is 1. The molecule has 1 aromatic heterocycles. The van der Waals surface area contributed by atoms with E-state index in [0.29, 0.717) is 14.0 Å². The molecule has 0 radical (unpaired) electrons. The predicted molar refractivity (Wildman–Crippen MR) is 94.5 cm³/mol. The summed E-state index contributed by atoms with van der Waals surface area (Å²) in [5, 5.41) is 20.3. The fourth-order valence-corrected chi connectivity index (χ4v) is 4.48. The monoisotopic (exact) mass is 382 g/mol. The van der Waals surface area contributed by atoms with Crippen LogP contribution in [0.3, 0.4) is 0 Å². The summed E-state index contributed by atoms with van der Waals surface area (Å²) in [5.41, 5.74) is 0.232. The molecule has 1 aromatic carbocycles. The molecule has 9 heteroatoms. The van der Waals surface area contributed by atoms with Gasteiger partial charge >= 0.3 is 11.9 Å². The molecule has 0 bridgehead atoms. The highest BCUT2D eigenvalue weighted by Gasteiger charge is 2.26. The second-order valence-electron chi connectivity index (χ2n) is 4.81. The summed E-state index contributed by atoms with van der Waals surface area (Å²) in [4.78, 5) is 24.7. The lowest BCUT2D eigenvalue weighted by atomic mass is 10.2. The summed E-state index contributed by atoms with van der Waals surface area (Å²) in [6.45, 7) is 4.82. The second-order valence-corrected chi connectivity index (χ2v) is 7.34. The zero-order valence-electron chi connectivity index (χ0n) is 13.8. The average Bonchev–Trinajstić information content (AvgIpc) is 2.82. The molecule has 0 aliphatic heterocycles. The SMILES string of the molecule is CCOC(=O)c1c(C)sc(Sc2ccccc2N([O-])O)c1OC(C)=O. The number of aryl methyl sites for hydroxylation is 1. The van der Waals surface area contributed by atoms with E-state index in [-0.39, 0.29) is 28.8 Å². The number of nitrogens with zero attached hydrogens (tertiary/aromatic N) is 1. The minimum atomic E-state index is -0.583. The third kappa shape index (κ3) is 4.51. The minimum Gasteiger partial charge on any atom is -0.733 e. The highest BCUT2D eigenvalue weighted by atomic mass is 32.2. The van der Waals surface area contributed by atoms with Crippen molar-refractivity contribution in [1.82, 2.24) is 0 Å². The van der Waals surface area contributed by atoms with Crippen molar-refractivity contribution in [3.8, 4) is 5.75 Å². The number of ether oxygens (including phenoxy) is 2. The summed E-state index contributed by atoms with van der Waals surface area (Å²) in [7, 11) is 0. The van der Waals surface area contributed by atoms with Crippen LogP contribution in [0.2, 0.25) is 0 Å². The number of hydrogen-bond acceptors (Lipinski definition) is 9. The normalized spacial score (nSPS) is 10.4. The van der Waals surface area contributed by atoms with Crippen molar-refractivity contribution in [3.63, 3.8) is 0 Å². The summed E-state index contributed by atoms with van der Waals surface area (Å²) >= 11 is 2.35. The van der Waals surface area contributed by atoms with Gasteiger partial charge in [0.2, 0.25) is 0 Å². The largest absolute Gasteiger partial charge is 0.733 e. The fraction of sp³-hybridized carbons (Fsp3) is 0.250. The van der Waals surface area contributed by atoms with Crippen LogP contribution >= 0.6 is 23.1 Å². The maximum absolute atomic E-state index is 12.2. The molecule has 0 spiro atoms. The van der Waals surface area contributed by atoms with Crippen LogP contribution in [0, 0.1) is 12.1 Å². The van der Waals surface area contributed by atoms with E-state index in [9.17, 15) is 20.0 Å². The Kier molecular flexibility index (Phi) is 6.43. The third-order valence-corrected chi connectivity index (χ3v) is 5.33. The summed E-state index contributed by atoms with van der Waals surface area (Å²) < 4.78 is 10.8. The van der Waals surface area contributed by atoms with Crippen molar-refractivity contribution in [2.24, 2.45) is 0 Å². The molecule has 0 aliphatic carbocycles. The molecule has 0 amide bonds. The standard InChI is InChI=1S/C16H16NO6S2/c1-4-22-15(19)13-9(2)24-16(14(13)23-10(3)18)25-12-8-6-5-7-11(12)17(20)21/h5-8,20H,4H2,1-3H3/q-1. The molecule has 1 N–H and O–H groups in total. The molecule has 0 fully saturated rings. The van der Waals surface area contributed by atoms with Gasteiger partial charge in [-0.15, -0.1) is 11.3 Å². The van der Waals surface area contributed by atoms with Gasteiger partial charge in [-0.05, 0) is 26.0 Å². The van der Waals surface area contributed by atoms with E-state index < -0.39 is 11.9 Å². The third-order valence-electron chi connectivity index (χ3n) is 3.01. The predicted octanol–water partition coefficient (Wildman–Crippen LogP) is 4.00. The van der Waals surface area contributed by atoms with Crippen molar-refractivity contribution < 1.29 is 24.3 Å². The fourth-order valence-electron chi connectivity index (χ4n) is 2.04. The Balaban J connectivity index is 2.49. The van der Waals surface area contributed by atoms with E-state index in [0.717, 1.165) is 11.8 Å². The van der Waals surface area contributed by atoms with E-state index in [1.165, 1.54) is 24.3 Å². The maximum Gasteiger partial charge on any atom is 0.343 e. The van der Waals surface area contributed by atoms with E-state index in [4.69, 9.17) is 9.47 Å². The second kappa shape index (κ2) is 8.34. The van der Waals surface area contributed by atoms with Crippen LogP contribution in [-0.2, 0) is 9.53 Å². The Labute approximate surface area is 152 Å². The van der Waals surface area contributed by atoms with Crippen LogP contribution in [0.15, 0.2) is 33.4 Å². The van der Waals surface area contributed by atoms with E-state index in [2.05, 4.69) is 0 Å². The van der Waals surface area contributed by atoms with Gasteiger partial charge in [0.05, 0.1) is 12.3 Å². The molecule has 0 saturated carbocycles. The highest BCUT2D eigenvalue weighted by molar-refractivity contribution is 8.01. The molecule has 2 rings (SSSR count). The molecule has 25 heavy (non-hydrogen) atoms. The smallest absolute Gasteiger partial charge is 0.343 e. The Morgan fingerprint density at radius 2 is 2.04 bits per heavy atom. The summed E-state index contributed by atoms with van der Waals surface area (Å²) in [5.74, 6) is -1.06. The Bertz CT molecular complexity index is 787. The molecule has 7 nitrogen and oxygen atoms in total. The van der Waals surface area contributed by atoms with Crippen molar-refractivity contribution in [1.29, 1.82) is 0 Å². The first-order chi connectivity index (χ1) is 11.8. The maximum atomic E-state index is 12.2. The topological polar surface area (TPSA) is 99.1 Å². The number of carbonyl (C=O) groups is 2. The Hall–Kier alpha value is -2.07. The molecule has 0 unspecified atom stereocenters. The first-order valence-electron chi connectivity index (χ1n) is 7.27. The van der Waals surface area contributed by atoms with Crippen LogP contribution in [0.4, 0.5) is 5.69 Å². The number of anilines is 1. The molecular weight excluding hydrogens is 366 g/mol. The zero-order chi connectivity index (χ0) is 18.6. The number of carbonyl (C=O) groups excluding carboxylic acids is 2. The molecule has 134 valence electrons. The molecular formula is C16H16NO6S2-. The van der Waals surface area contributed by atoms with E-state index in [1.54, 1.807) is 32.0 Å². The summed E-state index contributed by atoms with van der Waals surface area (Å²) in [6, 6.07) is 6.40. The van der Waals surface area contributed by atoms with Gasteiger partial charge in [-0.2, -0.15) is 0 Å². The number of rotatable bonds is 6. The first kappa shape index (κ1) is 19.3. The molecule has 0 atom stereocenters. The first-order valence-corrected chi connectivity index (χ1v) is 8.90. The number of esters is 2. The highest BCUT2D eigenvalue weighted by Crippen LogP contribution is 2.47. The van der Waals surface area contributed by atoms with Gasteiger partial charge < -0.3 is 19.9 Å². The minimum absolute atomic E-state index is 0.0463. The van der Waals surface area contributed by atoms with Crippen LogP contribution in [-0.4, -0.2) is 23.8 Å². The van der Waals surface area contributed by atoms with E-state index >= 15 is 0 Å². The van der Waals surface area contributed by atoms with Crippen molar-refractivity contribution >= 4 is 40.7 Å². The molecule has 2 aromatic rings. The lowest BCUT2D eigenvalue weighted by Gasteiger charge is -2.24. The van der Waals surface area contributed by atoms with Crippen LogP contribution < -0.4 is 9.96 Å². The van der Waals surface area contributed by atoms with Gasteiger partial charge in [0, 0.05) is 16.7 Å². The Morgan fingerprint density at radius 1 is 1.36 bits per heavy atom. The number of benzene rings is 1. The van der Waals surface area contributed by atoms with Crippen molar-refractivity contribution in [2.45, 2.75) is 29.9 Å². The van der Waals surface area contributed by atoms with Gasteiger partial charge in [-0.25, -0.2) is 4.79 Å².